The molecule has 2 heterocycles. The standard InChI is InChI=1S/C14H18BNO5/c1-13(2)14(3,4)21-15(20-13)6-5-9-8-16-11(17)7-10(9)12(18)19/h5-8H,1-4H3,(H,16,17)(H,18,19)/b6-5+. The van der Waals surface area contributed by atoms with Gasteiger partial charge >= 0.3 is 13.1 Å². The van der Waals surface area contributed by atoms with Gasteiger partial charge in [0.25, 0.3) is 0 Å². The highest BCUT2D eigenvalue weighted by Gasteiger charge is 2.50. The van der Waals surface area contributed by atoms with E-state index in [0.29, 0.717) is 5.56 Å². The molecule has 2 rings (SSSR count). The lowest BCUT2D eigenvalue weighted by molar-refractivity contribution is 0.00578. The van der Waals surface area contributed by atoms with Crippen LogP contribution in [0.3, 0.4) is 0 Å². The van der Waals surface area contributed by atoms with Crippen LogP contribution in [0.15, 0.2) is 23.0 Å². The van der Waals surface area contributed by atoms with Crippen molar-refractivity contribution < 1.29 is 19.2 Å². The van der Waals surface area contributed by atoms with Crippen molar-refractivity contribution in [1.29, 1.82) is 0 Å². The Bertz CT molecular complexity index is 631. The van der Waals surface area contributed by atoms with Gasteiger partial charge in [-0.3, -0.25) is 4.79 Å². The van der Waals surface area contributed by atoms with Crippen molar-refractivity contribution in [2.75, 3.05) is 0 Å². The monoisotopic (exact) mass is 291 g/mol. The van der Waals surface area contributed by atoms with Crippen molar-refractivity contribution in [2.45, 2.75) is 38.9 Å². The molecule has 1 aromatic rings. The zero-order chi connectivity index (χ0) is 15.8. The summed E-state index contributed by atoms with van der Waals surface area (Å²) >= 11 is 0. The van der Waals surface area contributed by atoms with Crippen molar-refractivity contribution in [2.24, 2.45) is 0 Å². The van der Waals surface area contributed by atoms with Gasteiger partial charge in [0.05, 0.1) is 16.8 Å². The number of aromatic carboxylic acids is 1. The van der Waals surface area contributed by atoms with Gasteiger partial charge in [-0.15, -0.1) is 0 Å². The first-order valence-corrected chi connectivity index (χ1v) is 6.62. The second-order valence-corrected chi connectivity index (χ2v) is 5.96. The molecule has 0 aliphatic carbocycles. The summed E-state index contributed by atoms with van der Waals surface area (Å²) < 4.78 is 11.6. The summed E-state index contributed by atoms with van der Waals surface area (Å²) in [5.41, 5.74) is -1.05. The first-order valence-electron chi connectivity index (χ1n) is 6.62. The van der Waals surface area contributed by atoms with Gasteiger partial charge in [-0.25, -0.2) is 4.79 Å². The van der Waals surface area contributed by atoms with E-state index in [1.54, 1.807) is 12.1 Å². The molecule has 1 aliphatic rings. The summed E-state index contributed by atoms with van der Waals surface area (Å²) in [5.74, 6) is 0.478. The maximum atomic E-state index is 11.2. The minimum absolute atomic E-state index is 0.0634. The van der Waals surface area contributed by atoms with E-state index in [9.17, 15) is 9.59 Å². The minimum Gasteiger partial charge on any atom is -0.478 e. The highest BCUT2D eigenvalue weighted by atomic mass is 16.7. The summed E-state index contributed by atoms with van der Waals surface area (Å²) in [5, 5.41) is 9.10. The molecule has 0 saturated carbocycles. The molecular formula is C14H18BNO5. The Morgan fingerprint density at radius 3 is 2.38 bits per heavy atom. The van der Waals surface area contributed by atoms with E-state index < -0.39 is 29.8 Å². The van der Waals surface area contributed by atoms with Gasteiger partial charge < -0.3 is 19.4 Å². The maximum Gasteiger partial charge on any atom is 0.487 e. The van der Waals surface area contributed by atoms with E-state index in [2.05, 4.69) is 4.98 Å². The molecule has 21 heavy (non-hydrogen) atoms. The summed E-state index contributed by atoms with van der Waals surface area (Å²) in [7, 11) is -0.566. The first kappa shape index (κ1) is 15.5. The third-order valence-corrected chi connectivity index (χ3v) is 3.89. The van der Waals surface area contributed by atoms with Gasteiger partial charge in [-0.05, 0) is 27.7 Å². The van der Waals surface area contributed by atoms with Gasteiger partial charge in [-0.1, -0.05) is 12.1 Å². The van der Waals surface area contributed by atoms with Crippen LogP contribution in [0.1, 0.15) is 43.6 Å². The number of hydrogen-bond acceptors (Lipinski definition) is 4. The molecule has 1 aromatic heterocycles. The Kier molecular flexibility index (Phi) is 3.82. The van der Waals surface area contributed by atoms with Crippen LogP contribution in [0, 0.1) is 0 Å². The SMILES string of the molecule is CC1(C)OB(/C=C/c2c[nH]c(=O)cc2C(=O)O)OC1(C)C. The molecule has 6 nitrogen and oxygen atoms in total. The second-order valence-electron chi connectivity index (χ2n) is 5.96. The lowest BCUT2D eigenvalue weighted by atomic mass is 9.89. The maximum absolute atomic E-state index is 11.2. The molecule has 0 atom stereocenters. The van der Waals surface area contributed by atoms with E-state index in [4.69, 9.17) is 14.4 Å². The minimum atomic E-state index is -1.16. The molecular weight excluding hydrogens is 273 g/mol. The van der Waals surface area contributed by atoms with E-state index in [1.165, 1.54) is 6.20 Å². The number of nitrogens with one attached hydrogen (secondary N) is 1. The fourth-order valence-corrected chi connectivity index (χ4v) is 1.96. The quantitative estimate of drug-likeness (QED) is 0.828. The molecule has 0 aromatic carbocycles. The fourth-order valence-electron chi connectivity index (χ4n) is 1.96. The highest BCUT2D eigenvalue weighted by molar-refractivity contribution is 6.52. The number of carboxylic acids is 1. The number of rotatable bonds is 3. The summed E-state index contributed by atoms with van der Waals surface area (Å²) in [4.78, 5) is 24.8. The largest absolute Gasteiger partial charge is 0.487 e. The van der Waals surface area contributed by atoms with E-state index in [-0.39, 0.29) is 5.56 Å². The smallest absolute Gasteiger partial charge is 0.478 e. The van der Waals surface area contributed by atoms with Crippen molar-refractivity contribution in [3.05, 3.63) is 39.7 Å². The zero-order valence-corrected chi connectivity index (χ0v) is 12.5. The number of H-pyrrole nitrogens is 1. The van der Waals surface area contributed by atoms with Gasteiger partial charge in [0, 0.05) is 17.8 Å². The average molecular weight is 291 g/mol. The number of hydrogen-bond donors (Lipinski definition) is 2. The van der Waals surface area contributed by atoms with Crippen LogP contribution in [0.5, 0.6) is 0 Å². The molecule has 7 heteroatoms. The van der Waals surface area contributed by atoms with Gasteiger partial charge in [0.2, 0.25) is 5.56 Å². The molecule has 112 valence electrons. The Labute approximate surface area is 122 Å². The van der Waals surface area contributed by atoms with Gasteiger partial charge in [0.1, 0.15) is 0 Å². The van der Waals surface area contributed by atoms with Crippen molar-refractivity contribution >= 4 is 19.2 Å². The van der Waals surface area contributed by atoms with E-state index >= 15 is 0 Å². The predicted molar refractivity (Wildman–Crippen MR) is 79.1 cm³/mol. The number of carboxylic acid groups (broad SMARTS) is 1. The third-order valence-electron chi connectivity index (χ3n) is 3.89. The van der Waals surface area contributed by atoms with Gasteiger partial charge in [-0.2, -0.15) is 0 Å². The fraction of sp³-hybridized carbons (Fsp3) is 0.429. The molecule has 0 amide bonds. The summed E-state index contributed by atoms with van der Waals surface area (Å²) in [6.45, 7) is 7.74. The lowest BCUT2D eigenvalue weighted by Crippen LogP contribution is -2.41. The topological polar surface area (TPSA) is 88.6 Å². The van der Waals surface area contributed by atoms with Crippen LogP contribution >= 0.6 is 0 Å². The Balaban J connectivity index is 2.24. The number of carbonyl (C=O) groups is 1. The number of aromatic amines is 1. The van der Waals surface area contributed by atoms with Crippen LogP contribution in [0.25, 0.3) is 6.08 Å². The normalized spacial score (nSPS) is 20.1. The van der Waals surface area contributed by atoms with Crippen LogP contribution in [-0.4, -0.2) is 34.4 Å². The summed E-state index contributed by atoms with van der Waals surface area (Å²) in [6.07, 6.45) is 2.93. The van der Waals surface area contributed by atoms with E-state index in [0.717, 1.165) is 6.07 Å². The highest BCUT2D eigenvalue weighted by Crippen LogP contribution is 2.37. The number of aromatic nitrogens is 1. The lowest BCUT2D eigenvalue weighted by Gasteiger charge is -2.32. The molecule has 1 fully saturated rings. The van der Waals surface area contributed by atoms with Crippen molar-refractivity contribution in [1.82, 2.24) is 4.98 Å². The van der Waals surface area contributed by atoms with Crippen molar-refractivity contribution in [3.63, 3.8) is 0 Å². The first-order chi connectivity index (χ1) is 9.62. The van der Waals surface area contributed by atoms with Crippen LogP contribution in [-0.2, 0) is 9.31 Å². The Morgan fingerprint density at radius 1 is 1.29 bits per heavy atom. The molecule has 0 spiro atoms. The molecule has 1 aliphatic heterocycles. The Hall–Kier alpha value is -1.86. The van der Waals surface area contributed by atoms with Crippen LogP contribution in [0.4, 0.5) is 0 Å². The molecule has 2 N–H and O–H groups in total. The molecule has 0 unspecified atom stereocenters. The third kappa shape index (κ3) is 3.09. The second kappa shape index (κ2) is 5.16. The van der Waals surface area contributed by atoms with Crippen LogP contribution in [0.2, 0.25) is 0 Å². The summed E-state index contributed by atoms with van der Waals surface area (Å²) in [6, 6.07) is 1.05. The zero-order valence-electron chi connectivity index (χ0n) is 12.5. The van der Waals surface area contributed by atoms with Crippen LogP contribution < -0.4 is 5.56 Å². The molecule has 0 radical (unpaired) electrons. The predicted octanol–water partition coefficient (Wildman–Crippen LogP) is 1.72. The Morgan fingerprint density at radius 2 is 1.86 bits per heavy atom. The number of pyridine rings is 1. The van der Waals surface area contributed by atoms with Crippen molar-refractivity contribution in [3.8, 4) is 0 Å². The molecule has 0 bridgehead atoms. The van der Waals surface area contributed by atoms with E-state index in [1.807, 2.05) is 27.7 Å². The van der Waals surface area contributed by atoms with Gasteiger partial charge in [0.15, 0.2) is 0 Å². The molecule has 1 saturated heterocycles. The average Bonchev–Trinajstić information content (AvgIpc) is 2.56.